The maximum atomic E-state index is 4.26. The smallest absolute Gasteiger partial charge is 0.156 e. The molecule has 0 N–H and O–H groups in total. The van der Waals surface area contributed by atoms with Crippen molar-refractivity contribution in [3.8, 4) is 5.82 Å². The number of nitrogens with zero attached hydrogens (tertiary/aromatic N) is 3. The molecule has 2 aromatic heterocycles. The summed E-state index contributed by atoms with van der Waals surface area (Å²) in [5, 5.41) is 4.20. The van der Waals surface area contributed by atoms with Crippen LogP contribution in [0, 0.1) is 13.8 Å². The van der Waals surface area contributed by atoms with Crippen LogP contribution in [0.25, 0.3) is 5.82 Å². The molecule has 2 heterocycles. The van der Waals surface area contributed by atoms with Crippen molar-refractivity contribution in [2.24, 2.45) is 0 Å². The van der Waals surface area contributed by atoms with E-state index in [-0.39, 0.29) is 0 Å². The van der Waals surface area contributed by atoms with Crippen molar-refractivity contribution in [1.29, 1.82) is 0 Å². The predicted molar refractivity (Wildman–Crippen MR) is 62.2 cm³/mol. The Balaban J connectivity index is 0.000000531. The monoisotopic (exact) mass is 203 g/mol. The second kappa shape index (κ2) is 5.29. The average molecular weight is 203 g/mol. The molecule has 0 saturated carbocycles. The first-order valence-corrected chi connectivity index (χ1v) is 5.20. The summed E-state index contributed by atoms with van der Waals surface area (Å²) in [7, 11) is 0. The lowest BCUT2D eigenvalue weighted by atomic mass is 10.3. The number of hydrogen-bond donors (Lipinski definition) is 0. The van der Waals surface area contributed by atoms with E-state index >= 15 is 0 Å². The number of pyridine rings is 1. The second-order valence-electron chi connectivity index (χ2n) is 3.11. The molecule has 0 saturated heterocycles. The molecule has 0 unspecified atom stereocenters. The van der Waals surface area contributed by atoms with E-state index in [1.54, 1.807) is 10.9 Å². The number of hydrogen-bond acceptors (Lipinski definition) is 2. The number of aryl methyl sites for hydroxylation is 2. The Labute approximate surface area is 90.8 Å². The van der Waals surface area contributed by atoms with Gasteiger partial charge in [0.15, 0.2) is 5.82 Å². The van der Waals surface area contributed by atoms with E-state index in [9.17, 15) is 0 Å². The van der Waals surface area contributed by atoms with Crippen LogP contribution in [-0.2, 0) is 0 Å². The highest BCUT2D eigenvalue weighted by molar-refractivity contribution is 5.31. The molecule has 3 heteroatoms. The molecule has 15 heavy (non-hydrogen) atoms. The van der Waals surface area contributed by atoms with E-state index in [1.807, 2.05) is 52.2 Å². The minimum atomic E-state index is 0.899. The van der Waals surface area contributed by atoms with Gasteiger partial charge in [0.2, 0.25) is 0 Å². The Morgan fingerprint density at radius 1 is 1.20 bits per heavy atom. The molecular weight excluding hydrogens is 186 g/mol. The third-order valence-corrected chi connectivity index (χ3v) is 1.91. The summed E-state index contributed by atoms with van der Waals surface area (Å²) in [5.74, 6) is 0.899. The Morgan fingerprint density at radius 3 is 2.47 bits per heavy atom. The van der Waals surface area contributed by atoms with Crippen LogP contribution in [0.5, 0.6) is 0 Å². The topological polar surface area (TPSA) is 30.7 Å². The van der Waals surface area contributed by atoms with Gasteiger partial charge >= 0.3 is 0 Å². The van der Waals surface area contributed by atoms with E-state index in [0.717, 1.165) is 16.9 Å². The third kappa shape index (κ3) is 2.65. The van der Waals surface area contributed by atoms with Gasteiger partial charge in [0.1, 0.15) is 0 Å². The third-order valence-electron chi connectivity index (χ3n) is 1.91. The van der Waals surface area contributed by atoms with Crippen molar-refractivity contribution in [1.82, 2.24) is 14.8 Å². The summed E-state index contributed by atoms with van der Waals surface area (Å²) in [5.41, 5.74) is 2.27. The summed E-state index contributed by atoms with van der Waals surface area (Å²) in [6.45, 7) is 8.04. The molecule has 0 amide bonds. The highest BCUT2D eigenvalue weighted by atomic mass is 15.3. The van der Waals surface area contributed by atoms with Crippen LogP contribution < -0.4 is 0 Å². The van der Waals surface area contributed by atoms with Gasteiger partial charge in [0.05, 0.1) is 6.20 Å². The molecule has 0 aliphatic carbocycles. The van der Waals surface area contributed by atoms with Crippen LogP contribution in [0.1, 0.15) is 25.0 Å². The molecule has 2 aromatic rings. The summed E-state index contributed by atoms with van der Waals surface area (Å²) < 4.78 is 1.80. The second-order valence-corrected chi connectivity index (χ2v) is 3.11. The maximum Gasteiger partial charge on any atom is 0.156 e. The van der Waals surface area contributed by atoms with E-state index in [4.69, 9.17) is 0 Å². The normalized spacial score (nSPS) is 9.33. The minimum Gasteiger partial charge on any atom is -0.237 e. The van der Waals surface area contributed by atoms with Gasteiger partial charge in [-0.05, 0) is 31.0 Å². The Hall–Kier alpha value is -1.64. The first-order valence-electron chi connectivity index (χ1n) is 5.20. The fourth-order valence-electron chi connectivity index (χ4n) is 1.25. The standard InChI is InChI=1S/C10H11N3.C2H6/c1-8-6-12-13(7-8)10-9(2)4-3-5-11-10;1-2/h3-7H,1-2H3;1-2H3. The van der Waals surface area contributed by atoms with E-state index in [0.29, 0.717) is 0 Å². The van der Waals surface area contributed by atoms with Crippen LogP contribution in [0.15, 0.2) is 30.7 Å². The zero-order chi connectivity index (χ0) is 11.3. The summed E-state index contributed by atoms with van der Waals surface area (Å²) in [6.07, 6.45) is 5.57. The SMILES string of the molecule is CC.Cc1cnn(-c2ncccc2C)c1. The molecule has 0 radical (unpaired) electrons. The van der Waals surface area contributed by atoms with Gasteiger partial charge in [-0.3, -0.25) is 0 Å². The van der Waals surface area contributed by atoms with Gasteiger partial charge in [0.25, 0.3) is 0 Å². The molecule has 0 spiro atoms. The Kier molecular flexibility index (Phi) is 4.03. The largest absolute Gasteiger partial charge is 0.237 e. The lowest BCUT2D eigenvalue weighted by Crippen LogP contribution is -1.99. The predicted octanol–water partition coefficient (Wildman–Crippen LogP) is 2.91. The van der Waals surface area contributed by atoms with Crippen LogP contribution in [0.2, 0.25) is 0 Å². The molecule has 2 rings (SSSR count). The quantitative estimate of drug-likeness (QED) is 0.713. The minimum absolute atomic E-state index is 0.899. The highest BCUT2D eigenvalue weighted by Gasteiger charge is 2.01. The summed E-state index contributed by atoms with van der Waals surface area (Å²) >= 11 is 0. The lowest BCUT2D eigenvalue weighted by Gasteiger charge is -2.02. The van der Waals surface area contributed by atoms with Crippen molar-refractivity contribution in [3.63, 3.8) is 0 Å². The highest BCUT2D eigenvalue weighted by Crippen LogP contribution is 2.09. The van der Waals surface area contributed by atoms with Gasteiger partial charge < -0.3 is 0 Å². The zero-order valence-electron chi connectivity index (χ0n) is 9.73. The molecular formula is C12H17N3. The van der Waals surface area contributed by atoms with Gasteiger partial charge in [-0.15, -0.1) is 0 Å². The molecule has 80 valence electrons. The van der Waals surface area contributed by atoms with Crippen molar-refractivity contribution in [2.45, 2.75) is 27.7 Å². The van der Waals surface area contributed by atoms with Gasteiger partial charge in [0, 0.05) is 12.4 Å². The van der Waals surface area contributed by atoms with Gasteiger partial charge in [-0.25, -0.2) is 9.67 Å². The van der Waals surface area contributed by atoms with Crippen molar-refractivity contribution in [2.75, 3.05) is 0 Å². The van der Waals surface area contributed by atoms with Crippen LogP contribution in [0.3, 0.4) is 0 Å². The van der Waals surface area contributed by atoms with Crippen molar-refractivity contribution >= 4 is 0 Å². The molecule has 0 bridgehead atoms. The number of rotatable bonds is 1. The zero-order valence-corrected chi connectivity index (χ0v) is 9.73. The number of aromatic nitrogens is 3. The Bertz CT molecular complexity index is 418. The van der Waals surface area contributed by atoms with Crippen LogP contribution >= 0.6 is 0 Å². The van der Waals surface area contributed by atoms with E-state index < -0.39 is 0 Å². The van der Waals surface area contributed by atoms with Gasteiger partial charge in [-0.2, -0.15) is 5.10 Å². The van der Waals surface area contributed by atoms with Crippen molar-refractivity contribution < 1.29 is 0 Å². The first-order chi connectivity index (χ1) is 7.27. The molecule has 0 atom stereocenters. The first kappa shape index (κ1) is 11.4. The lowest BCUT2D eigenvalue weighted by molar-refractivity contribution is 0.837. The molecule has 0 aliphatic heterocycles. The van der Waals surface area contributed by atoms with E-state index in [1.165, 1.54) is 0 Å². The van der Waals surface area contributed by atoms with Crippen LogP contribution in [-0.4, -0.2) is 14.8 Å². The molecule has 0 aromatic carbocycles. The Morgan fingerprint density at radius 2 is 1.93 bits per heavy atom. The van der Waals surface area contributed by atoms with Crippen LogP contribution in [0.4, 0.5) is 0 Å². The summed E-state index contributed by atoms with van der Waals surface area (Å²) in [6, 6.07) is 3.95. The fourth-order valence-corrected chi connectivity index (χ4v) is 1.25. The molecule has 0 fully saturated rings. The van der Waals surface area contributed by atoms with Crippen molar-refractivity contribution in [3.05, 3.63) is 41.9 Å². The maximum absolute atomic E-state index is 4.26. The average Bonchev–Trinajstić information content (AvgIpc) is 2.68. The summed E-state index contributed by atoms with van der Waals surface area (Å²) in [4.78, 5) is 4.26. The van der Waals surface area contributed by atoms with E-state index in [2.05, 4.69) is 10.1 Å². The molecule has 3 nitrogen and oxygen atoms in total. The van der Waals surface area contributed by atoms with Gasteiger partial charge in [-0.1, -0.05) is 19.9 Å². The molecule has 0 aliphatic rings. The fraction of sp³-hybridized carbons (Fsp3) is 0.333.